The van der Waals surface area contributed by atoms with Gasteiger partial charge in [0.25, 0.3) is 0 Å². The summed E-state index contributed by atoms with van der Waals surface area (Å²) in [5, 5.41) is 0.130. The van der Waals surface area contributed by atoms with E-state index in [-0.39, 0.29) is 15.7 Å². The first-order valence-corrected chi connectivity index (χ1v) is 6.85. The molecule has 84 valence electrons. The summed E-state index contributed by atoms with van der Waals surface area (Å²) in [6, 6.07) is 4.16. The molecule has 0 amide bonds. The van der Waals surface area contributed by atoms with E-state index < -0.39 is 0 Å². The lowest BCUT2D eigenvalue weighted by Crippen LogP contribution is -2.52. The minimum atomic E-state index is -0.309. The van der Waals surface area contributed by atoms with Crippen molar-refractivity contribution in [3.8, 4) is 0 Å². The first-order valence-electron chi connectivity index (χ1n) is 5.50. The smallest absolute Gasteiger partial charge is 0.0670 e. The Bertz CT molecular complexity index is 487. The van der Waals surface area contributed by atoms with Crippen LogP contribution in [0.25, 0.3) is 0 Å². The van der Waals surface area contributed by atoms with E-state index in [2.05, 4.69) is 11.1 Å². The van der Waals surface area contributed by atoms with E-state index in [9.17, 15) is 0 Å². The zero-order valence-corrected chi connectivity index (χ0v) is 10.7. The number of alkyl halides is 3. The molecule has 1 heterocycles. The van der Waals surface area contributed by atoms with Gasteiger partial charge in [0, 0.05) is 29.1 Å². The number of hydrogen-bond acceptors (Lipinski definition) is 1. The highest BCUT2D eigenvalue weighted by atomic mass is 35.5. The number of fused-ring (bicyclic) bond motifs is 3. The lowest BCUT2D eigenvalue weighted by atomic mass is 9.61. The summed E-state index contributed by atoms with van der Waals surface area (Å²) in [6.07, 6.45) is 2.78. The first kappa shape index (κ1) is 9.99. The van der Waals surface area contributed by atoms with Crippen molar-refractivity contribution in [3.63, 3.8) is 0 Å². The molecule has 1 aromatic rings. The van der Waals surface area contributed by atoms with Gasteiger partial charge in [-0.3, -0.25) is 4.98 Å². The van der Waals surface area contributed by atoms with Crippen LogP contribution in [0.2, 0.25) is 0 Å². The summed E-state index contributed by atoms with van der Waals surface area (Å²) in [6.45, 7) is 0. The Morgan fingerprint density at radius 2 is 2.31 bits per heavy atom. The largest absolute Gasteiger partial charge is 0.261 e. The first-order chi connectivity index (χ1) is 7.67. The van der Waals surface area contributed by atoms with Crippen molar-refractivity contribution in [2.24, 2.45) is 5.41 Å². The topological polar surface area (TPSA) is 12.9 Å². The predicted molar refractivity (Wildman–Crippen MR) is 65.7 cm³/mol. The molecule has 1 nitrogen and oxygen atoms in total. The van der Waals surface area contributed by atoms with E-state index in [0.29, 0.717) is 17.7 Å². The lowest BCUT2D eigenvalue weighted by Gasteiger charge is -2.50. The van der Waals surface area contributed by atoms with E-state index in [4.69, 9.17) is 34.8 Å². The molecular weight excluding hydrogens is 264 g/mol. The van der Waals surface area contributed by atoms with E-state index in [0.717, 1.165) is 6.42 Å². The number of aromatic nitrogens is 1. The van der Waals surface area contributed by atoms with Gasteiger partial charge in [0.15, 0.2) is 0 Å². The molecule has 3 aliphatic carbocycles. The molecular formula is C12H10Cl3N. The molecule has 2 fully saturated rings. The third-order valence-corrected chi connectivity index (χ3v) is 6.61. The molecule has 4 heteroatoms. The summed E-state index contributed by atoms with van der Waals surface area (Å²) in [4.78, 5) is 4.17. The van der Waals surface area contributed by atoms with Crippen molar-refractivity contribution in [2.75, 3.05) is 5.88 Å². The zero-order chi connectivity index (χ0) is 11.1. The van der Waals surface area contributed by atoms with E-state index in [1.165, 1.54) is 11.3 Å². The SMILES string of the molecule is ClC[C@@]1(Cl)C[C@@H]2c3cccnc3[C@H]3[C@@H](Cl)C231. The molecule has 1 spiro atoms. The number of rotatable bonds is 1. The van der Waals surface area contributed by atoms with Crippen LogP contribution in [-0.2, 0) is 0 Å². The average molecular weight is 275 g/mol. The molecule has 3 aliphatic rings. The molecule has 0 radical (unpaired) electrons. The number of pyridine rings is 1. The summed E-state index contributed by atoms with van der Waals surface area (Å²) in [7, 11) is 0. The zero-order valence-electron chi connectivity index (χ0n) is 8.46. The van der Waals surface area contributed by atoms with Gasteiger partial charge in [0.2, 0.25) is 0 Å². The molecule has 1 unspecified atom stereocenters. The quantitative estimate of drug-likeness (QED) is 0.714. The minimum Gasteiger partial charge on any atom is -0.261 e. The summed E-state index contributed by atoms with van der Waals surface area (Å²) >= 11 is 19.1. The molecule has 0 aliphatic heterocycles. The second kappa shape index (κ2) is 2.71. The number of hydrogen-bond donors (Lipinski definition) is 0. The van der Waals surface area contributed by atoms with Crippen LogP contribution in [0.15, 0.2) is 18.3 Å². The second-order valence-corrected chi connectivity index (χ2v) is 6.61. The maximum absolute atomic E-state index is 6.62. The standard InChI is InChI=1S/C12H10Cl3N/c13-5-11(15)4-7-6-2-1-3-16-9(6)8-10(14)12(7,8)11/h1-3,7-8,10H,4-5H2/t7-,8+,10-,11+,12?/m1/s1. The Labute approximate surface area is 109 Å². The van der Waals surface area contributed by atoms with Crippen LogP contribution in [0.3, 0.4) is 0 Å². The van der Waals surface area contributed by atoms with E-state index >= 15 is 0 Å². The molecule has 0 N–H and O–H groups in total. The minimum absolute atomic E-state index is 0.00848. The van der Waals surface area contributed by atoms with Gasteiger partial charge in [0.05, 0.1) is 10.3 Å². The van der Waals surface area contributed by atoms with Crippen LogP contribution in [0.1, 0.15) is 29.5 Å². The predicted octanol–water partition coefficient (Wildman–Crippen LogP) is 3.49. The third-order valence-electron chi connectivity index (χ3n) is 4.79. The van der Waals surface area contributed by atoms with Crippen LogP contribution in [-0.4, -0.2) is 21.1 Å². The van der Waals surface area contributed by atoms with E-state index in [1.54, 1.807) is 0 Å². The lowest BCUT2D eigenvalue weighted by molar-refractivity contribution is 0.161. The van der Waals surface area contributed by atoms with E-state index in [1.807, 2.05) is 12.3 Å². The van der Waals surface area contributed by atoms with Crippen LogP contribution >= 0.6 is 34.8 Å². The Hall–Kier alpha value is 0.0200. The Morgan fingerprint density at radius 3 is 3.06 bits per heavy atom. The summed E-state index contributed by atoms with van der Waals surface area (Å²) in [5.41, 5.74) is 2.53. The van der Waals surface area contributed by atoms with Gasteiger partial charge >= 0.3 is 0 Å². The Kier molecular flexibility index (Phi) is 1.69. The van der Waals surface area contributed by atoms with Gasteiger partial charge in [-0.2, -0.15) is 0 Å². The average Bonchev–Trinajstić information content (AvgIpc) is 2.86. The van der Waals surface area contributed by atoms with Crippen molar-refractivity contribution >= 4 is 34.8 Å². The highest BCUT2D eigenvalue weighted by molar-refractivity contribution is 6.35. The van der Waals surface area contributed by atoms with Gasteiger partial charge < -0.3 is 0 Å². The van der Waals surface area contributed by atoms with Crippen LogP contribution in [0.5, 0.6) is 0 Å². The summed E-state index contributed by atoms with van der Waals surface area (Å²) in [5.74, 6) is 1.30. The molecule has 0 bridgehead atoms. The molecule has 1 aromatic heterocycles. The monoisotopic (exact) mass is 273 g/mol. The number of halogens is 3. The third kappa shape index (κ3) is 0.757. The fourth-order valence-electron chi connectivity index (χ4n) is 4.04. The molecule has 16 heavy (non-hydrogen) atoms. The van der Waals surface area contributed by atoms with Gasteiger partial charge in [-0.1, -0.05) is 6.07 Å². The van der Waals surface area contributed by atoms with Crippen molar-refractivity contribution in [3.05, 3.63) is 29.6 Å². The second-order valence-electron chi connectivity index (χ2n) is 5.15. The molecule has 0 aromatic carbocycles. The van der Waals surface area contributed by atoms with Crippen molar-refractivity contribution < 1.29 is 0 Å². The normalized spacial score (nSPS) is 51.3. The van der Waals surface area contributed by atoms with Gasteiger partial charge in [0.1, 0.15) is 0 Å². The number of nitrogens with zero attached hydrogens (tertiary/aromatic N) is 1. The van der Waals surface area contributed by atoms with Gasteiger partial charge in [-0.25, -0.2) is 0 Å². The maximum Gasteiger partial charge on any atom is 0.0670 e. The highest BCUT2D eigenvalue weighted by Gasteiger charge is 2.86. The molecule has 2 saturated carbocycles. The van der Waals surface area contributed by atoms with Gasteiger partial charge in [-0.05, 0) is 24.0 Å². The van der Waals surface area contributed by atoms with Crippen molar-refractivity contribution in [2.45, 2.75) is 28.5 Å². The fraction of sp³-hybridized carbons (Fsp3) is 0.583. The van der Waals surface area contributed by atoms with Crippen LogP contribution in [0.4, 0.5) is 0 Å². The Balaban J connectivity index is 1.89. The molecule has 5 atom stereocenters. The Morgan fingerprint density at radius 1 is 1.50 bits per heavy atom. The maximum atomic E-state index is 6.62. The van der Waals surface area contributed by atoms with Crippen LogP contribution in [0, 0.1) is 5.41 Å². The summed E-state index contributed by atoms with van der Waals surface area (Å²) < 4.78 is 0. The fourth-order valence-corrected chi connectivity index (χ4v) is 5.70. The van der Waals surface area contributed by atoms with Crippen molar-refractivity contribution in [1.82, 2.24) is 4.98 Å². The van der Waals surface area contributed by atoms with Crippen molar-refractivity contribution in [1.29, 1.82) is 0 Å². The molecule has 4 rings (SSSR count). The van der Waals surface area contributed by atoms with Gasteiger partial charge in [-0.15, -0.1) is 34.8 Å². The highest BCUT2D eigenvalue weighted by Crippen LogP contribution is 2.87. The van der Waals surface area contributed by atoms with Crippen LogP contribution < -0.4 is 0 Å². The molecule has 0 saturated heterocycles.